The van der Waals surface area contributed by atoms with E-state index in [0.717, 1.165) is 19.3 Å². The van der Waals surface area contributed by atoms with Crippen LogP contribution in [0.15, 0.2) is 0 Å². The second-order valence-corrected chi connectivity index (χ2v) is 5.65. The third kappa shape index (κ3) is 2.49. The molecule has 0 saturated heterocycles. The van der Waals surface area contributed by atoms with Gasteiger partial charge < -0.3 is 5.11 Å². The second-order valence-electron chi connectivity index (χ2n) is 5.65. The molecule has 1 aliphatic rings. The van der Waals surface area contributed by atoms with Crippen molar-refractivity contribution in [1.82, 2.24) is 0 Å². The van der Waals surface area contributed by atoms with Crippen molar-refractivity contribution in [3.63, 3.8) is 0 Å². The predicted molar refractivity (Wildman–Crippen MR) is 57.1 cm³/mol. The number of carboxylic acids is 1. The Hall–Kier alpha value is -0.530. The van der Waals surface area contributed by atoms with Gasteiger partial charge in [0, 0.05) is 0 Å². The Morgan fingerprint density at radius 2 is 1.71 bits per heavy atom. The van der Waals surface area contributed by atoms with Crippen LogP contribution in [-0.4, -0.2) is 11.1 Å². The van der Waals surface area contributed by atoms with Crippen LogP contribution in [0.25, 0.3) is 0 Å². The summed E-state index contributed by atoms with van der Waals surface area (Å²) in [6, 6.07) is 0. The molecule has 0 aromatic carbocycles. The smallest absolute Gasteiger partial charge is 0.307 e. The van der Waals surface area contributed by atoms with Crippen molar-refractivity contribution in [2.45, 2.75) is 47.0 Å². The molecule has 0 radical (unpaired) electrons. The fraction of sp³-hybridized carbons (Fsp3) is 0.917. The topological polar surface area (TPSA) is 37.3 Å². The molecule has 1 aliphatic carbocycles. The largest absolute Gasteiger partial charge is 0.481 e. The molecular formula is C12H22O2. The Bertz CT molecular complexity index is 208. The zero-order valence-electron chi connectivity index (χ0n) is 9.71. The van der Waals surface area contributed by atoms with E-state index in [1.165, 1.54) is 0 Å². The first-order chi connectivity index (χ1) is 6.37. The highest BCUT2D eigenvalue weighted by atomic mass is 16.4. The molecule has 0 aromatic heterocycles. The highest BCUT2D eigenvalue weighted by molar-refractivity contribution is 5.74. The second kappa shape index (κ2) is 3.92. The van der Waals surface area contributed by atoms with Crippen molar-refractivity contribution in [2.75, 3.05) is 0 Å². The number of carboxylic acid groups (broad SMARTS) is 1. The van der Waals surface area contributed by atoms with Crippen LogP contribution in [0.5, 0.6) is 0 Å². The van der Waals surface area contributed by atoms with E-state index in [2.05, 4.69) is 27.7 Å². The van der Waals surface area contributed by atoms with E-state index in [0.29, 0.717) is 11.8 Å². The van der Waals surface area contributed by atoms with Crippen LogP contribution in [0.2, 0.25) is 0 Å². The molecule has 0 aromatic rings. The minimum Gasteiger partial charge on any atom is -0.481 e. The van der Waals surface area contributed by atoms with Gasteiger partial charge >= 0.3 is 5.97 Å². The Morgan fingerprint density at radius 1 is 1.29 bits per heavy atom. The van der Waals surface area contributed by atoms with E-state index < -0.39 is 5.97 Å². The number of aliphatic carboxylic acids is 1. The fourth-order valence-corrected chi connectivity index (χ4v) is 2.86. The molecule has 1 fully saturated rings. The van der Waals surface area contributed by atoms with Gasteiger partial charge in [0.2, 0.25) is 0 Å². The van der Waals surface area contributed by atoms with Crippen LogP contribution in [0.1, 0.15) is 47.0 Å². The minimum absolute atomic E-state index is 0.0627. The third-order valence-electron chi connectivity index (χ3n) is 3.12. The molecule has 0 aliphatic heterocycles. The molecule has 1 rings (SSSR count). The Morgan fingerprint density at radius 3 is 1.93 bits per heavy atom. The maximum atomic E-state index is 10.9. The summed E-state index contributed by atoms with van der Waals surface area (Å²) >= 11 is 0. The van der Waals surface area contributed by atoms with Gasteiger partial charge in [0.05, 0.1) is 5.92 Å². The third-order valence-corrected chi connectivity index (χ3v) is 3.12. The van der Waals surface area contributed by atoms with Crippen LogP contribution in [-0.2, 0) is 4.79 Å². The Labute approximate surface area is 86.7 Å². The van der Waals surface area contributed by atoms with Gasteiger partial charge in [-0.3, -0.25) is 4.79 Å². The molecular weight excluding hydrogens is 176 g/mol. The fourth-order valence-electron chi connectivity index (χ4n) is 2.86. The van der Waals surface area contributed by atoms with Crippen molar-refractivity contribution in [3.05, 3.63) is 0 Å². The maximum Gasteiger partial charge on any atom is 0.307 e. The van der Waals surface area contributed by atoms with Gasteiger partial charge in [-0.2, -0.15) is 0 Å². The van der Waals surface area contributed by atoms with Crippen LogP contribution >= 0.6 is 0 Å². The standard InChI is InChI=1S/C12H22O2/c1-8(2)5-12(6-9(3)4)7-10(12)11(13)14/h8-10H,5-7H2,1-4H3,(H,13,14). The van der Waals surface area contributed by atoms with Crippen molar-refractivity contribution in [3.8, 4) is 0 Å². The quantitative estimate of drug-likeness (QED) is 0.736. The van der Waals surface area contributed by atoms with Gasteiger partial charge in [-0.1, -0.05) is 27.7 Å². The molecule has 1 N–H and O–H groups in total. The van der Waals surface area contributed by atoms with Crippen molar-refractivity contribution < 1.29 is 9.90 Å². The zero-order chi connectivity index (χ0) is 10.9. The summed E-state index contributed by atoms with van der Waals surface area (Å²) < 4.78 is 0. The molecule has 2 nitrogen and oxygen atoms in total. The van der Waals surface area contributed by atoms with E-state index in [4.69, 9.17) is 5.11 Å². The Balaban J connectivity index is 2.60. The van der Waals surface area contributed by atoms with Crippen molar-refractivity contribution >= 4 is 5.97 Å². The first-order valence-electron chi connectivity index (χ1n) is 5.60. The van der Waals surface area contributed by atoms with Crippen LogP contribution in [0.3, 0.4) is 0 Å². The van der Waals surface area contributed by atoms with E-state index in [9.17, 15) is 4.79 Å². The van der Waals surface area contributed by atoms with Gasteiger partial charge in [-0.05, 0) is 36.5 Å². The summed E-state index contributed by atoms with van der Waals surface area (Å²) in [4.78, 5) is 10.9. The zero-order valence-corrected chi connectivity index (χ0v) is 9.71. The number of carbonyl (C=O) groups is 1. The summed E-state index contributed by atoms with van der Waals surface area (Å²) in [5.41, 5.74) is 0.133. The average molecular weight is 198 g/mol. The lowest BCUT2D eigenvalue weighted by Crippen LogP contribution is -2.15. The van der Waals surface area contributed by atoms with Gasteiger partial charge in [-0.15, -0.1) is 0 Å². The predicted octanol–water partition coefficient (Wildman–Crippen LogP) is 3.17. The maximum absolute atomic E-state index is 10.9. The molecule has 1 unspecified atom stereocenters. The van der Waals surface area contributed by atoms with Gasteiger partial charge in [0.15, 0.2) is 0 Å². The minimum atomic E-state index is -0.591. The summed E-state index contributed by atoms with van der Waals surface area (Å²) in [6.07, 6.45) is 3.04. The van der Waals surface area contributed by atoms with E-state index >= 15 is 0 Å². The summed E-state index contributed by atoms with van der Waals surface area (Å²) in [5, 5.41) is 9.01. The normalized spacial score (nSPS) is 24.3. The first kappa shape index (κ1) is 11.5. The van der Waals surface area contributed by atoms with Crippen LogP contribution in [0, 0.1) is 23.2 Å². The average Bonchev–Trinajstić information content (AvgIpc) is 2.59. The molecule has 14 heavy (non-hydrogen) atoms. The molecule has 2 heteroatoms. The number of hydrogen-bond donors (Lipinski definition) is 1. The molecule has 0 bridgehead atoms. The van der Waals surface area contributed by atoms with Crippen LogP contribution in [0.4, 0.5) is 0 Å². The van der Waals surface area contributed by atoms with E-state index in [-0.39, 0.29) is 11.3 Å². The first-order valence-corrected chi connectivity index (χ1v) is 5.60. The van der Waals surface area contributed by atoms with Crippen molar-refractivity contribution in [1.29, 1.82) is 0 Å². The SMILES string of the molecule is CC(C)CC1(CC(C)C)CC1C(=O)O. The van der Waals surface area contributed by atoms with Crippen molar-refractivity contribution in [2.24, 2.45) is 23.2 Å². The summed E-state index contributed by atoms with van der Waals surface area (Å²) in [5.74, 6) is 0.565. The highest BCUT2D eigenvalue weighted by Crippen LogP contribution is 2.60. The molecule has 1 saturated carbocycles. The van der Waals surface area contributed by atoms with Gasteiger partial charge in [0.1, 0.15) is 0 Å². The molecule has 0 heterocycles. The molecule has 0 spiro atoms. The summed E-state index contributed by atoms with van der Waals surface area (Å²) in [6.45, 7) is 8.72. The molecule has 1 atom stereocenters. The van der Waals surface area contributed by atoms with Crippen LogP contribution < -0.4 is 0 Å². The Kier molecular flexibility index (Phi) is 3.23. The lowest BCUT2D eigenvalue weighted by molar-refractivity contribution is -0.139. The number of rotatable bonds is 5. The van der Waals surface area contributed by atoms with E-state index in [1.54, 1.807) is 0 Å². The monoisotopic (exact) mass is 198 g/mol. The van der Waals surface area contributed by atoms with Gasteiger partial charge in [0.25, 0.3) is 0 Å². The number of hydrogen-bond acceptors (Lipinski definition) is 1. The lowest BCUT2D eigenvalue weighted by Gasteiger charge is -2.20. The van der Waals surface area contributed by atoms with Gasteiger partial charge in [-0.25, -0.2) is 0 Å². The summed E-state index contributed by atoms with van der Waals surface area (Å²) in [7, 11) is 0. The molecule has 82 valence electrons. The highest BCUT2D eigenvalue weighted by Gasteiger charge is 2.57. The van der Waals surface area contributed by atoms with E-state index in [1.807, 2.05) is 0 Å². The molecule has 0 amide bonds. The lowest BCUT2D eigenvalue weighted by atomic mass is 9.84.